The second-order valence-corrected chi connectivity index (χ2v) is 5.84. The SMILES string of the molecule is COC(=O)c1[c]cc(CCC2CCC(=O)CC2)s1. The molecule has 0 unspecified atom stereocenters. The van der Waals surface area contributed by atoms with Crippen molar-refractivity contribution in [3.8, 4) is 0 Å². The van der Waals surface area contributed by atoms with Crippen molar-refractivity contribution >= 4 is 23.1 Å². The number of Topliss-reactive ketones (excluding diaryl/α,β-unsaturated/α-hetero) is 1. The fraction of sp³-hybridized carbons (Fsp3) is 0.571. The fourth-order valence-corrected chi connectivity index (χ4v) is 3.17. The number of rotatable bonds is 4. The Morgan fingerprint density at radius 2 is 2.22 bits per heavy atom. The van der Waals surface area contributed by atoms with Crippen LogP contribution in [0.25, 0.3) is 0 Å². The maximum absolute atomic E-state index is 11.3. The summed E-state index contributed by atoms with van der Waals surface area (Å²) in [5, 5.41) is 0. The zero-order valence-corrected chi connectivity index (χ0v) is 11.3. The standard InChI is InChI=1S/C14H17O3S/c1-17-14(16)13-9-8-12(18-13)7-4-10-2-5-11(15)6-3-10/h8,10H,2-7H2,1H3. The summed E-state index contributed by atoms with van der Waals surface area (Å²) < 4.78 is 4.66. The minimum Gasteiger partial charge on any atom is -0.465 e. The van der Waals surface area contributed by atoms with E-state index in [0.717, 1.165) is 38.5 Å². The number of aryl methyl sites for hydroxylation is 1. The quantitative estimate of drug-likeness (QED) is 0.786. The van der Waals surface area contributed by atoms with Gasteiger partial charge in [0.15, 0.2) is 0 Å². The van der Waals surface area contributed by atoms with Crippen LogP contribution in [-0.4, -0.2) is 18.9 Å². The molecule has 1 aliphatic carbocycles. The van der Waals surface area contributed by atoms with Crippen LogP contribution in [0, 0.1) is 12.0 Å². The molecular weight excluding hydrogens is 248 g/mol. The molecule has 0 spiro atoms. The molecule has 1 aromatic rings. The zero-order chi connectivity index (χ0) is 13.0. The summed E-state index contributed by atoms with van der Waals surface area (Å²) in [5.41, 5.74) is 0. The Bertz CT molecular complexity index is 426. The predicted molar refractivity (Wildman–Crippen MR) is 69.8 cm³/mol. The maximum Gasteiger partial charge on any atom is 0.348 e. The lowest BCUT2D eigenvalue weighted by Gasteiger charge is -2.20. The summed E-state index contributed by atoms with van der Waals surface area (Å²) in [7, 11) is 1.38. The van der Waals surface area contributed by atoms with Crippen LogP contribution in [0.3, 0.4) is 0 Å². The van der Waals surface area contributed by atoms with E-state index in [-0.39, 0.29) is 5.97 Å². The molecular formula is C14H17O3S. The van der Waals surface area contributed by atoms with E-state index in [0.29, 0.717) is 16.6 Å². The van der Waals surface area contributed by atoms with Crippen LogP contribution in [0.5, 0.6) is 0 Å². The van der Waals surface area contributed by atoms with E-state index in [4.69, 9.17) is 0 Å². The summed E-state index contributed by atoms with van der Waals surface area (Å²) in [6.07, 6.45) is 5.61. The fourth-order valence-electron chi connectivity index (χ4n) is 2.29. The minimum absolute atomic E-state index is 0.311. The Morgan fingerprint density at radius 1 is 1.50 bits per heavy atom. The molecule has 1 aromatic heterocycles. The molecule has 1 heterocycles. The van der Waals surface area contributed by atoms with Gasteiger partial charge in [-0.2, -0.15) is 0 Å². The van der Waals surface area contributed by atoms with Gasteiger partial charge in [0, 0.05) is 23.8 Å². The van der Waals surface area contributed by atoms with Crippen molar-refractivity contribution in [3.63, 3.8) is 0 Å². The third-order valence-electron chi connectivity index (χ3n) is 3.43. The van der Waals surface area contributed by atoms with Gasteiger partial charge >= 0.3 is 5.97 Å². The van der Waals surface area contributed by atoms with Crippen molar-refractivity contribution < 1.29 is 14.3 Å². The summed E-state index contributed by atoms with van der Waals surface area (Å²) in [4.78, 5) is 24.1. The first-order chi connectivity index (χ1) is 8.69. The summed E-state index contributed by atoms with van der Waals surface area (Å²) in [5.74, 6) is 0.754. The highest BCUT2D eigenvalue weighted by atomic mass is 32.1. The lowest BCUT2D eigenvalue weighted by molar-refractivity contribution is -0.121. The second kappa shape index (κ2) is 6.14. The molecule has 0 amide bonds. The molecule has 0 atom stereocenters. The number of ether oxygens (including phenoxy) is 1. The molecule has 18 heavy (non-hydrogen) atoms. The summed E-state index contributed by atoms with van der Waals surface area (Å²) in [6.45, 7) is 0. The van der Waals surface area contributed by atoms with E-state index in [2.05, 4.69) is 10.8 Å². The average molecular weight is 265 g/mol. The number of thiophene rings is 1. The Balaban J connectivity index is 1.81. The molecule has 3 nitrogen and oxygen atoms in total. The molecule has 2 rings (SSSR count). The largest absolute Gasteiger partial charge is 0.465 e. The lowest BCUT2D eigenvalue weighted by atomic mass is 9.85. The number of methoxy groups -OCH3 is 1. The van der Waals surface area contributed by atoms with Crippen LogP contribution in [0.2, 0.25) is 0 Å². The molecule has 1 radical (unpaired) electrons. The van der Waals surface area contributed by atoms with E-state index in [1.54, 1.807) is 0 Å². The maximum atomic E-state index is 11.3. The van der Waals surface area contributed by atoms with Crippen LogP contribution in [-0.2, 0) is 16.0 Å². The smallest absolute Gasteiger partial charge is 0.348 e. The van der Waals surface area contributed by atoms with Crippen LogP contribution < -0.4 is 0 Å². The normalized spacial score (nSPS) is 16.8. The van der Waals surface area contributed by atoms with Gasteiger partial charge in [-0.05, 0) is 37.7 Å². The highest BCUT2D eigenvalue weighted by Gasteiger charge is 2.19. The van der Waals surface area contributed by atoms with Crippen molar-refractivity contribution in [1.82, 2.24) is 0 Å². The zero-order valence-electron chi connectivity index (χ0n) is 10.5. The van der Waals surface area contributed by atoms with Crippen LogP contribution in [0.1, 0.15) is 46.7 Å². The third kappa shape index (κ3) is 3.42. The van der Waals surface area contributed by atoms with E-state index in [9.17, 15) is 9.59 Å². The summed E-state index contributed by atoms with van der Waals surface area (Å²) >= 11 is 1.46. The van der Waals surface area contributed by atoms with E-state index in [1.165, 1.54) is 23.3 Å². The first-order valence-corrected chi connectivity index (χ1v) is 7.11. The molecule has 0 aromatic carbocycles. The highest BCUT2D eigenvalue weighted by molar-refractivity contribution is 7.13. The van der Waals surface area contributed by atoms with Gasteiger partial charge < -0.3 is 4.74 Å². The Hall–Kier alpha value is -1.16. The van der Waals surface area contributed by atoms with Crippen molar-refractivity contribution in [2.45, 2.75) is 38.5 Å². The molecule has 4 heteroatoms. The molecule has 97 valence electrons. The molecule has 1 aliphatic rings. The van der Waals surface area contributed by atoms with Crippen molar-refractivity contribution in [3.05, 3.63) is 21.9 Å². The number of carbonyl (C=O) groups excluding carboxylic acids is 2. The Kier molecular flexibility index (Phi) is 4.53. The van der Waals surface area contributed by atoms with Crippen molar-refractivity contribution in [2.24, 2.45) is 5.92 Å². The van der Waals surface area contributed by atoms with Crippen LogP contribution in [0.15, 0.2) is 6.07 Å². The molecule has 0 bridgehead atoms. The number of carbonyl (C=O) groups is 2. The average Bonchev–Trinajstić information content (AvgIpc) is 2.86. The number of hydrogen-bond donors (Lipinski definition) is 0. The number of ketones is 1. The van der Waals surface area contributed by atoms with Gasteiger partial charge in [-0.25, -0.2) is 4.79 Å². The predicted octanol–water partition coefficient (Wildman–Crippen LogP) is 3.03. The molecule has 0 aliphatic heterocycles. The van der Waals surface area contributed by atoms with Crippen molar-refractivity contribution in [1.29, 1.82) is 0 Å². The van der Waals surface area contributed by atoms with E-state index >= 15 is 0 Å². The van der Waals surface area contributed by atoms with E-state index < -0.39 is 0 Å². The van der Waals surface area contributed by atoms with Gasteiger partial charge in [0.1, 0.15) is 10.7 Å². The third-order valence-corrected chi connectivity index (χ3v) is 4.50. The van der Waals surface area contributed by atoms with Gasteiger partial charge in [0.2, 0.25) is 0 Å². The molecule has 1 saturated carbocycles. The topological polar surface area (TPSA) is 43.4 Å². The minimum atomic E-state index is -0.311. The molecule has 0 N–H and O–H groups in total. The first-order valence-electron chi connectivity index (χ1n) is 6.29. The van der Waals surface area contributed by atoms with Gasteiger partial charge in [-0.3, -0.25) is 4.79 Å². The highest BCUT2D eigenvalue weighted by Crippen LogP contribution is 2.27. The van der Waals surface area contributed by atoms with Gasteiger partial charge in [0.05, 0.1) is 7.11 Å². The molecule has 1 fully saturated rings. The van der Waals surface area contributed by atoms with Gasteiger partial charge in [-0.1, -0.05) is 0 Å². The monoisotopic (exact) mass is 265 g/mol. The Morgan fingerprint density at radius 3 is 2.89 bits per heavy atom. The van der Waals surface area contributed by atoms with Gasteiger partial charge in [0.25, 0.3) is 0 Å². The Labute approximate surface area is 111 Å². The van der Waals surface area contributed by atoms with Gasteiger partial charge in [-0.15, -0.1) is 11.3 Å². The number of hydrogen-bond acceptors (Lipinski definition) is 4. The summed E-state index contributed by atoms with van der Waals surface area (Å²) in [6, 6.07) is 4.82. The van der Waals surface area contributed by atoms with E-state index in [1.807, 2.05) is 6.07 Å². The number of esters is 1. The lowest BCUT2D eigenvalue weighted by Crippen LogP contribution is -2.14. The molecule has 0 saturated heterocycles. The second-order valence-electron chi connectivity index (χ2n) is 4.70. The first kappa shape index (κ1) is 13.3. The van der Waals surface area contributed by atoms with Crippen LogP contribution in [0.4, 0.5) is 0 Å². The van der Waals surface area contributed by atoms with Crippen molar-refractivity contribution in [2.75, 3.05) is 7.11 Å². The van der Waals surface area contributed by atoms with Crippen LogP contribution >= 0.6 is 11.3 Å².